The maximum atomic E-state index is 4.49. The fourth-order valence-electron chi connectivity index (χ4n) is 1.58. The van der Waals surface area contributed by atoms with Crippen molar-refractivity contribution in [2.24, 2.45) is 5.92 Å². The number of nitrogens with one attached hydrogen (secondary N) is 1. The van der Waals surface area contributed by atoms with Crippen LogP contribution in [0, 0.1) is 5.92 Å². The number of aromatic nitrogens is 1. The summed E-state index contributed by atoms with van der Waals surface area (Å²) in [5, 5.41) is 4.73. The van der Waals surface area contributed by atoms with Crippen LogP contribution >= 0.6 is 11.3 Å². The second-order valence-corrected chi connectivity index (χ2v) is 7.21. The number of thiazole rings is 1. The Morgan fingerprint density at radius 2 is 2.06 bits per heavy atom. The van der Waals surface area contributed by atoms with Gasteiger partial charge in [-0.2, -0.15) is 0 Å². The first-order valence-corrected chi connectivity index (χ1v) is 7.37. The van der Waals surface area contributed by atoms with Gasteiger partial charge in [-0.05, 0) is 25.3 Å². The molecular weight excluding hydrogens is 228 g/mol. The molecule has 2 nitrogen and oxygen atoms in total. The Morgan fingerprint density at radius 1 is 1.35 bits per heavy atom. The highest BCUT2D eigenvalue weighted by Crippen LogP contribution is 2.26. The SMILES string of the molecule is CC(C)CCCNCc1cnc(C(C)(C)C)s1. The van der Waals surface area contributed by atoms with Crippen LogP contribution in [0.25, 0.3) is 0 Å². The molecule has 98 valence electrons. The lowest BCUT2D eigenvalue weighted by Gasteiger charge is -2.13. The van der Waals surface area contributed by atoms with E-state index < -0.39 is 0 Å². The molecule has 0 saturated heterocycles. The van der Waals surface area contributed by atoms with Crippen LogP contribution in [-0.2, 0) is 12.0 Å². The minimum absolute atomic E-state index is 0.181. The summed E-state index contributed by atoms with van der Waals surface area (Å²) in [6, 6.07) is 0. The number of hydrogen-bond donors (Lipinski definition) is 1. The molecule has 3 heteroatoms. The third-order valence-electron chi connectivity index (χ3n) is 2.63. The van der Waals surface area contributed by atoms with Gasteiger partial charge in [-0.3, -0.25) is 0 Å². The first-order chi connectivity index (χ1) is 7.89. The summed E-state index contributed by atoms with van der Waals surface area (Å²) in [6.07, 6.45) is 4.59. The first-order valence-electron chi connectivity index (χ1n) is 6.55. The predicted octanol–water partition coefficient (Wildman–Crippen LogP) is 3.97. The largest absolute Gasteiger partial charge is 0.312 e. The van der Waals surface area contributed by atoms with Gasteiger partial charge in [0.2, 0.25) is 0 Å². The minimum Gasteiger partial charge on any atom is -0.312 e. The Labute approximate surface area is 110 Å². The summed E-state index contributed by atoms with van der Waals surface area (Å²) in [5.74, 6) is 0.813. The van der Waals surface area contributed by atoms with Crippen molar-refractivity contribution in [2.75, 3.05) is 6.54 Å². The molecular formula is C14H26N2S. The fraction of sp³-hybridized carbons (Fsp3) is 0.786. The Kier molecular flexibility index (Phi) is 5.60. The van der Waals surface area contributed by atoms with Gasteiger partial charge in [0.25, 0.3) is 0 Å². The molecule has 0 bridgehead atoms. The highest BCUT2D eigenvalue weighted by atomic mass is 32.1. The zero-order valence-corrected chi connectivity index (χ0v) is 12.7. The Bertz CT molecular complexity index is 323. The van der Waals surface area contributed by atoms with Crippen molar-refractivity contribution in [2.45, 2.75) is 59.4 Å². The molecule has 0 atom stereocenters. The van der Waals surface area contributed by atoms with Crippen molar-refractivity contribution in [1.29, 1.82) is 0 Å². The molecule has 0 saturated carbocycles. The highest BCUT2D eigenvalue weighted by molar-refractivity contribution is 7.11. The van der Waals surface area contributed by atoms with Crippen LogP contribution in [0.15, 0.2) is 6.20 Å². The molecule has 1 heterocycles. The van der Waals surface area contributed by atoms with Crippen molar-refractivity contribution >= 4 is 11.3 Å². The van der Waals surface area contributed by atoms with E-state index in [-0.39, 0.29) is 5.41 Å². The quantitative estimate of drug-likeness (QED) is 0.777. The molecule has 0 spiro atoms. The van der Waals surface area contributed by atoms with Crippen molar-refractivity contribution in [3.8, 4) is 0 Å². The smallest absolute Gasteiger partial charge is 0.0981 e. The van der Waals surface area contributed by atoms with E-state index in [2.05, 4.69) is 44.9 Å². The lowest BCUT2D eigenvalue weighted by atomic mass is 9.98. The van der Waals surface area contributed by atoms with Gasteiger partial charge in [0.15, 0.2) is 0 Å². The van der Waals surface area contributed by atoms with Crippen LogP contribution in [0.4, 0.5) is 0 Å². The van der Waals surface area contributed by atoms with Crippen molar-refractivity contribution in [3.05, 3.63) is 16.1 Å². The number of rotatable bonds is 6. The molecule has 0 aliphatic carbocycles. The van der Waals surface area contributed by atoms with Gasteiger partial charge in [-0.25, -0.2) is 4.98 Å². The van der Waals surface area contributed by atoms with Gasteiger partial charge in [-0.1, -0.05) is 34.6 Å². The Hall–Kier alpha value is -0.410. The summed E-state index contributed by atoms with van der Waals surface area (Å²) >= 11 is 1.83. The third-order valence-corrected chi connectivity index (χ3v) is 4.05. The molecule has 0 radical (unpaired) electrons. The van der Waals surface area contributed by atoms with Crippen LogP contribution < -0.4 is 5.32 Å². The van der Waals surface area contributed by atoms with E-state index in [4.69, 9.17) is 0 Å². The fourth-order valence-corrected chi connectivity index (χ4v) is 2.52. The second-order valence-electron chi connectivity index (χ2n) is 6.09. The minimum atomic E-state index is 0.181. The summed E-state index contributed by atoms with van der Waals surface area (Å²) in [4.78, 5) is 5.84. The third kappa shape index (κ3) is 5.64. The molecule has 0 fully saturated rings. The maximum absolute atomic E-state index is 4.49. The average Bonchev–Trinajstić information content (AvgIpc) is 2.64. The topological polar surface area (TPSA) is 24.9 Å². The van der Waals surface area contributed by atoms with Gasteiger partial charge in [0.1, 0.15) is 0 Å². The molecule has 0 aromatic carbocycles. The van der Waals surface area contributed by atoms with E-state index in [0.717, 1.165) is 19.0 Å². The lowest BCUT2D eigenvalue weighted by Crippen LogP contribution is -2.14. The van der Waals surface area contributed by atoms with E-state index >= 15 is 0 Å². The average molecular weight is 254 g/mol. The van der Waals surface area contributed by atoms with Crippen LogP contribution in [0.2, 0.25) is 0 Å². The van der Waals surface area contributed by atoms with E-state index in [0.29, 0.717) is 0 Å². The summed E-state index contributed by atoms with van der Waals surface area (Å²) < 4.78 is 0. The molecule has 0 amide bonds. The lowest BCUT2D eigenvalue weighted by molar-refractivity contribution is 0.528. The highest BCUT2D eigenvalue weighted by Gasteiger charge is 2.17. The van der Waals surface area contributed by atoms with Gasteiger partial charge in [0, 0.05) is 23.0 Å². The monoisotopic (exact) mass is 254 g/mol. The standard InChI is InChI=1S/C14H26N2S/c1-11(2)7-6-8-15-9-12-10-16-13(17-12)14(3,4)5/h10-11,15H,6-9H2,1-5H3. The van der Waals surface area contributed by atoms with Crippen molar-refractivity contribution < 1.29 is 0 Å². The van der Waals surface area contributed by atoms with Gasteiger partial charge >= 0.3 is 0 Å². The van der Waals surface area contributed by atoms with E-state index in [1.807, 2.05) is 17.5 Å². The van der Waals surface area contributed by atoms with Crippen molar-refractivity contribution in [3.63, 3.8) is 0 Å². The molecule has 1 aromatic rings. The second kappa shape index (κ2) is 6.50. The summed E-state index contributed by atoms with van der Waals surface area (Å²) in [7, 11) is 0. The Balaban J connectivity index is 2.26. The molecule has 0 unspecified atom stereocenters. The van der Waals surface area contributed by atoms with E-state index in [1.54, 1.807) is 0 Å². The normalized spacial score (nSPS) is 12.4. The van der Waals surface area contributed by atoms with Crippen LogP contribution in [0.5, 0.6) is 0 Å². The first kappa shape index (κ1) is 14.7. The van der Waals surface area contributed by atoms with Gasteiger partial charge < -0.3 is 5.32 Å². The molecule has 1 rings (SSSR count). The van der Waals surface area contributed by atoms with Crippen molar-refractivity contribution in [1.82, 2.24) is 10.3 Å². The molecule has 0 aliphatic heterocycles. The van der Waals surface area contributed by atoms with Crippen LogP contribution in [0.1, 0.15) is 57.3 Å². The molecule has 1 N–H and O–H groups in total. The zero-order valence-electron chi connectivity index (χ0n) is 11.8. The van der Waals surface area contributed by atoms with Crippen LogP contribution in [-0.4, -0.2) is 11.5 Å². The summed E-state index contributed by atoms with van der Waals surface area (Å²) in [6.45, 7) is 13.3. The number of hydrogen-bond acceptors (Lipinski definition) is 3. The molecule has 17 heavy (non-hydrogen) atoms. The number of nitrogens with zero attached hydrogens (tertiary/aromatic N) is 1. The summed E-state index contributed by atoms with van der Waals surface area (Å²) in [5.41, 5.74) is 0.181. The predicted molar refractivity (Wildman–Crippen MR) is 76.6 cm³/mol. The molecule has 1 aromatic heterocycles. The molecule has 0 aliphatic rings. The van der Waals surface area contributed by atoms with Gasteiger partial charge in [-0.15, -0.1) is 11.3 Å². The Morgan fingerprint density at radius 3 is 2.59 bits per heavy atom. The van der Waals surface area contributed by atoms with E-state index in [1.165, 1.54) is 22.7 Å². The van der Waals surface area contributed by atoms with E-state index in [9.17, 15) is 0 Å². The van der Waals surface area contributed by atoms with Crippen LogP contribution in [0.3, 0.4) is 0 Å². The van der Waals surface area contributed by atoms with Gasteiger partial charge in [0.05, 0.1) is 5.01 Å². The zero-order chi connectivity index (χ0) is 12.9. The maximum Gasteiger partial charge on any atom is 0.0981 e.